The molecule has 1 aliphatic carbocycles. The van der Waals surface area contributed by atoms with Gasteiger partial charge in [-0.15, -0.1) is 0 Å². The first-order valence-electron chi connectivity index (χ1n) is 5.14. The summed E-state index contributed by atoms with van der Waals surface area (Å²) in [5.41, 5.74) is 1.88. The smallest absolute Gasteiger partial charge is 0.335 e. The lowest BCUT2D eigenvalue weighted by Crippen LogP contribution is -2.08. The number of fused-ring (bicyclic) bond motifs is 1. The van der Waals surface area contributed by atoms with Crippen LogP contribution in [0.1, 0.15) is 51.1 Å². The van der Waals surface area contributed by atoms with Crippen molar-refractivity contribution < 1.29 is 19.8 Å². The van der Waals surface area contributed by atoms with E-state index in [4.69, 9.17) is 10.2 Å². The van der Waals surface area contributed by atoms with Crippen LogP contribution in [0, 0.1) is 0 Å². The molecular weight excluding hydrogens is 208 g/mol. The zero-order valence-corrected chi connectivity index (χ0v) is 8.86. The van der Waals surface area contributed by atoms with Gasteiger partial charge in [-0.1, -0.05) is 6.92 Å². The molecule has 2 N–H and O–H groups in total. The lowest BCUT2D eigenvalue weighted by Gasteiger charge is -2.10. The molecule has 1 unspecified atom stereocenters. The van der Waals surface area contributed by atoms with E-state index in [1.165, 1.54) is 12.1 Å². The van der Waals surface area contributed by atoms with Gasteiger partial charge in [0.15, 0.2) is 0 Å². The first-order chi connectivity index (χ1) is 7.52. The van der Waals surface area contributed by atoms with Crippen LogP contribution in [-0.4, -0.2) is 22.2 Å². The van der Waals surface area contributed by atoms with Gasteiger partial charge in [-0.05, 0) is 42.0 Å². The number of carbonyl (C=O) groups is 2. The molecule has 0 spiro atoms. The fourth-order valence-electron chi connectivity index (χ4n) is 2.39. The van der Waals surface area contributed by atoms with Gasteiger partial charge < -0.3 is 10.2 Å². The molecule has 1 aromatic carbocycles. The highest BCUT2D eigenvalue weighted by atomic mass is 16.4. The highest BCUT2D eigenvalue weighted by Gasteiger charge is 2.28. The van der Waals surface area contributed by atoms with E-state index >= 15 is 0 Å². The summed E-state index contributed by atoms with van der Waals surface area (Å²) in [5.74, 6) is -1.84. The Balaban J connectivity index is 2.68. The molecule has 0 radical (unpaired) electrons. The van der Waals surface area contributed by atoms with Crippen LogP contribution in [0.4, 0.5) is 0 Å². The van der Waals surface area contributed by atoms with Gasteiger partial charge >= 0.3 is 11.9 Å². The predicted octanol–water partition coefficient (Wildman–Crippen LogP) is 2.13. The third kappa shape index (κ3) is 1.46. The van der Waals surface area contributed by atoms with Crippen molar-refractivity contribution in [3.63, 3.8) is 0 Å². The molecule has 0 saturated heterocycles. The largest absolute Gasteiger partial charge is 0.478 e. The summed E-state index contributed by atoms with van der Waals surface area (Å²) in [4.78, 5) is 22.0. The molecule has 1 aromatic rings. The van der Waals surface area contributed by atoms with Crippen molar-refractivity contribution in [3.05, 3.63) is 34.4 Å². The van der Waals surface area contributed by atoms with Crippen molar-refractivity contribution in [2.24, 2.45) is 0 Å². The van der Waals surface area contributed by atoms with Gasteiger partial charge in [-0.2, -0.15) is 0 Å². The predicted molar refractivity (Wildman–Crippen MR) is 57.1 cm³/mol. The second kappa shape index (κ2) is 3.63. The van der Waals surface area contributed by atoms with Gasteiger partial charge in [0, 0.05) is 0 Å². The van der Waals surface area contributed by atoms with Crippen LogP contribution in [0.25, 0.3) is 0 Å². The second-order valence-electron chi connectivity index (χ2n) is 4.10. The van der Waals surface area contributed by atoms with Crippen LogP contribution in [0.15, 0.2) is 12.1 Å². The van der Waals surface area contributed by atoms with Crippen LogP contribution in [-0.2, 0) is 6.42 Å². The molecular formula is C12H12O4. The Bertz CT molecular complexity index is 476. The number of hydrogen-bond acceptors (Lipinski definition) is 2. The van der Waals surface area contributed by atoms with Crippen LogP contribution < -0.4 is 0 Å². The van der Waals surface area contributed by atoms with E-state index in [1.807, 2.05) is 6.92 Å². The Kier molecular flexibility index (Phi) is 2.42. The minimum atomic E-state index is -0.984. The summed E-state index contributed by atoms with van der Waals surface area (Å²) in [5, 5.41) is 18.1. The van der Waals surface area contributed by atoms with Crippen molar-refractivity contribution in [1.29, 1.82) is 0 Å². The third-order valence-corrected chi connectivity index (χ3v) is 3.14. The standard InChI is InChI=1S/C12H12O4/c1-6-2-3-7-8(11(13)14)4-5-9(10(6)7)12(15)16/h4-6H,2-3H2,1H3,(H,13,14)(H,15,16). The first-order valence-corrected chi connectivity index (χ1v) is 5.14. The van der Waals surface area contributed by atoms with Crippen molar-refractivity contribution in [2.75, 3.05) is 0 Å². The Morgan fingerprint density at radius 1 is 1.19 bits per heavy atom. The van der Waals surface area contributed by atoms with E-state index in [1.54, 1.807) is 0 Å². The van der Waals surface area contributed by atoms with Crippen molar-refractivity contribution in [3.8, 4) is 0 Å². The number of hydrogen-bond donors (Lipinski definition) is 2. The SMILES string of the molecule is CC1CCc2c(C(=O)O)ccc(C(=O)O)c21. The number of rotatable bonds is 2. The Labute approximate surface area is 92.5 Å². The molecule has 1 aliphatic rings. The maximum atomic E-state index is 11.0. The summed E-state index contributed by atoms with van der Waals surface area (Å²) < 4.78 is 0. The monoisotopic (exact) mass is 220 g/mol. The van der Waals surface area contributed by atoms with E-state index in [9.17, 15) is 9.59 Å². The van der Waals surface area contributed by atoms with Crippen molar-refractivity contribution in [2.45, 2.75) is 25.7 Å². The molecule has 4 heteroatoms. The van der Waals surface area contributed by atoms with Crippen LogP contribution >= 0.6 is 0 Å². The molecule has 16 heavy (non-hydrogen) atoms. The number of carboxylic acid groups (broad SMARTS) is 2. The number of benzene rings is 1. The maximum absolute atomic E-state index is 11.0. The van der Waals surface area contributed by atoms with E-state index < -0.39 is 11.9 Å². The molecule has 0 aliphatic heterocycles. The molecule has 0 amide bonds. The number of carboxylic acids is 2. The van der Waals surface area contributed by atoms with Gasteiger partial charge in [0.05, 0.1) is 11.1 Å². The molecule has 2 rings (SSSR count). The first kappa shape index (κ1) is 10.7. The van der Waals surface area contributed by atoms with Crippen molar-refractivity contribution >= 4 is 11.9 Å². The number of aromatic carboxylic acids is 2. The summed E-state index contributed by atoms with van der Waals surface area (Å²) in [6, 6.07) is 2.79. The summed E-state index contributed by atoms with van der Waals surface area (Å²) in [7, 11) is 0. The highest BCUT2D eigenvalue weighted by Crippen LogP contribution is 2.37. The molecule has 0 heterocycles. The minimum absolute atomic E-state index is 0.125. The molecule has 84 valence electrons. The quantitative estimate of drug-likeness (QED) is 0.800. The molecule has 0 aromatic heterocycles. The summed E-state index contributed by atoms with van der Waals surface area (Å²) in [6.07, 6.45) is 1.47. The normalized spacial score (nSPS) is 18.2. The Morgan fingerprint density at radius 3 is 2.31 bits per heavy atom. The fraction of sp³-hybridized carbons (Fsp3) is 0.333. The third-order valence-electron chi connectivity index (χ3n) is 3.14. The molecule has 1 atom stereocenters. The molecule has 0 bridgehead atoms. The molecule has 0 saturated carbocycles. The Hall–Kier alpha value is -1.84. The van der Waals surface area contributed by atoms with Crippen LogP contribution in [0.2, 0.25) is 0 Å². The molecule has 4 nitrogen and oxygen atoms in total. The summed E-state index contributed by atoms with van der Waals surface area (Å²) >= 11 is 0. The lowest BCUT2D eigenvalue weighted by molar-refractivity contribution is 0.0679. The van der Waals surface area contributed by atoms with Gasteiger partial charge in [0.1, 0.15) is 0 Å². The summed E-state index contributed by atoms with van der Waals surface area (Å²) in [6.45, 7) is 1.93. The van der Waals surface area contributed by atoms with Gasteiger partial charge in [0.25, 0.3) is 0 Å². The van der Waals surface area contributed by atoms with E-state index in [0.29, 0.717) is 17.5 Å². The highest BCUT2D eigenvalue weighted by molar-refractivity contribution is 5.95. The van der Waals surface area contributed by atoms with Crippen LogP contribution in [0.3, 0.4) is 0 Å². The second-order valence-corrected chi connectivity index (χ2v) is 4.10. The molecule has 0 fully saturated rings. The Morgan fingerprint density at radius 2 is 1.75 bits per heavy atom. The lowest BCUT2D eigenvalue weighted by atomic mass is 9.94. The average Bonchev–Trinajstić information content (AvgIpc) is 2.59. The topological polar surface area (TPSA) is 74.6 Å². The van der Waals surface area contributed by atoms with Gasteiger partial charge in [-0.25, -0.2) is 9.59 Å². The van der Waals surface area contributed by atoms with Crippen LogP contribution in [0.5, 0.6) is 0 Å². The zero-order valence-electron chi connectivity index (χ0n) is 8.86. The van der Waals surface area contributed by atoms with E-state index in [0.717, 1.165) is 6.42 Å². The van der Waals surface area contributed by atoms with E-state index in [-0.39, 0.29) is 17.0 Å². The maximum Gasteiger partial charge on any atom is 0.335 e. The van der Waals surface area contributed by atoms with E-state index in [2.05, 4.69) is 0 Å². The zero-order chi connectivity index (χ0) is 11.9. The fourth-order valence-corrected chi connectivity index (χ4v) is 2.39. The minimum Gasteiger partial charge on any atom is -0.478 e. The van der Waals surface area contributed by atoms with Gasteiger partial charge in [-0.3, -0.25) is 0 Å². The van der Waals surface area contributed by atoms with Gasteiger partial charge in [0.2, 0.25) is 0 Å². The average molecular weight is 220 g/mol. The van der Waals surface area contributed by atoms with Crippen molar-refractivity contribution in [1.82, 2.24) is 0 Å².